The predicted octanol–water partition coefficient (Wildman–Crippen LogP) is 4.61. The van der Waals surface area contributed by atoms with Crippen molar-refractivity contribution in [2.24, 2.45) is 0 Å². The molecular formula is C24H22N2O5. The molecule has 0 heterocycles. The highest BCUT2D eigenvalue weighted by Crippen LogP contribution is 2.28. The number of hydrogen-bond acceptors (Lipinski definition) is 5. The van der Waals surface area contributed by atoms with Crippen molar-refractivity contribution < 1.29 is 19.2 Å². The summed E-state index contributed by atoms with van der Waals surface area (Å²) in [6, 6.07) is 23.6. The molecule has 3 aromatic carbocycles. The van der Waals surface area contributed by atoms with Crippen LogP contribution in [0.1, 0.15) is 29.0 Å². The molecule has 0 aromatic heterocycles. The van der Waals surface area contributed by atoms with E-state index in [2.05, 4.69) is 5.32 Å². The SMILES string of the molecule is Cc1ccc(NC(=O)COC(=O)CC(c2ccccc2)c2ccccc2)c([N+](=O)[O-])c1. The zero-order chi connectivity index (χ0) is 22.2. The number of carbonyl (C=O) groups is 2. The molecule has 0 saturated carbocycles. The Bertz CT molecular complexity index is 1030. The van der Waals surface area contributed by atoms with Gasteiger partial charge in [-0.1, -0.05) is 66.7 Å². The number of nitrogens with zero attached hydrogens (tertiary/aromatic N) is 1. The Morgan fingerprint density at radius 2 is 1.55 bits per heavy atom. The third kappa shape index (κ3) is 5.99. The number of hydrogen-bond donors (Lipinski definition) is 1. The largest absolute Gasteiger partial charge is 0.456 e. The van der Waals surface area contributed by atoms with Crippen LogP contribution in [0.5, 0.6) is 0 Å². The lowest BCUT2D eigenvalue weighted by molar-refractivity contribution is -0.384. The van der Waals surface area contributed by atoms with E-state index in [4.69, 9.17) is 4.74 Å². The Morgan fingerprint density at radius 3 is 2.10 bits per heavy atom. The van der Waals surface area contributed by atoms with Gasteiger partial charge in [-0.25, -0.2) is 0 Å². The second-order valence-corrected chi connectivity index (χ2v) is 7.06. The minimum absolute atomic E-state index is 0.0584. The molecule has 31 heavy (non-hydrogen) atoms. The Labute approximate surface area is 179 Å². The first-order valence-electron chi connectivity index (χ1n) is 9.74. The fourth-order valence-electron chi connectivity index (χ4n) is 3.26. The van der Waals surface area contributed by atoms with Gasteiger partial charge >= 0.3 is 5.97 Å². The number of nitro benzene ring substituents is 1. The van der Waals surface area contributed by atoms with Crippen LogP contribution in [-0.4, -0.2) is 23.4 Å². The van der Waals surface area contributed by atoms with Gasteiger partial charge < -0.3 is 10.1 Å². The minimum atomic E-state index is -0.642. The monoisotopic (exact) mass is 418 g/mol. The molecule has 3 aromatic rings. The van der Waals surface area contributed by atoms with Crippen molar-refractivity contribution in [2.45, 2.75) is 19.3 Å². The number of amides is 1. The Kier molecular flexibility index (Phi) is 7.11. The van der Waals surface area contributed by atoms with Crippen LogP contribution in [0.3, 0.4) is 0 Å². The van der Waals surface area contributed by atoms with Gasteiger partial charge in [0.15, 0.2) is 6.61 Å². The van der Waals surface area contributed by atoms with Crippen LogP contribution in [0, 0.1) is 17.0 Å². The molecule has 7 heteroatoms. The van der Waals surface area contributed by atoms with Crippen LogP contribution in [0.4, 0.5) is 11.4 Å². The molecule has 0 saturated heterocycles. The van der Waals surface area contributed by atoms with Gasteiger partial charge in [0.05, 0.1) is 11.3 Å². The van der Waals surface area contributed by atoms with Crippen LogP contribution in [0.25, 0.3) is 0 Å². The first-order chi connectivity index (χ1) is 14.9. The summed E-state index contributed by atoms with van der Waals surface area (Å²) >= 11 is 0. The summed E-state index contributed by atoms with van der Waals surface area (Å²) in [5, 5.41) is 13.6. The summed E-state index contributed by atoms with van der Waals surface area (Å²) < 4.78 is 5.15. The summed E-state index contributed by atoms with van der Waals surface area (Å²) in [6.45, 7) is 1.19. The molecule has 0 aliphatic carbocycles. The van der Waals surface area contributed by atoms with E-state index < -0.39 is 23.4 Å². The van der Waals surface area contributed by atoms with E-state index in [1.165, 1.54) is 12.1 Å². The smallest absolute Gasteiger partial charge is 0.307 e. The van der Waals surface area contributed by atoms with Crippen LogP contribution in [-0.2, 0) is 14.3 Å². The Morgan fingerprint density at radius 1 is 0.968 bits per heavy atom. The summed E-state index contributed by atoms with van der Waals surface area (Å²) in [5.41, 5.74) is 2.47. The molecule has 0 fully saturated rings. The molecule has 0 bridgehead atoms. The first kappa shape index (κ1) is 21.7. The van der Waals surface area contributed by atoms with Crippen molar-refractivity contribution in [3.8, 4) is 0 Å². The van der Waals surface area contributed by atoms with Gasteiger partial charge in [-0.05, 0) is 29.7 Å². The normalized spacial score (nSPS) is 10.5. The molecule has 0 spiro atoms. The van der Waals surface area contributed by atoms with Gasteiger partial charge in [0, 0.05) is 12.0 Å². The molecule has 1 N–H and O–H groups in total. The fourth-order valence-corrected chi connectivity index (χ4v) is 3.26. The third-order valence-corrected chi connectivity index (χ3v) is 4.76. The number of ether oxygens (including phenoxy) is 1. The molecule has 0 radical (unpaired) electrons. The number of carbonyl (C=O) groups excluding carboxylic acids is 2. The fraction of sp³-hybridized carbons (Fsp3) is 0.167. The number of aryl methyl sites for hydroxylation is 1. The van der Waals surface area contributed by atoms with E-state index in [1.54, 1.807) is 13.0 Å². The van der Waals surface area contributed by atoms with E-state index in [0.29, 0.717) is 5.56 Å². The highest BCUT2D eigenvalue weighted by molar-refractivity contribution is 5.95. The van der Waals surface area contributed by atoms with Crippen molar-refractivity contribution in [2.75, 3.05) is 11.9 Å². The molecule has 158 valence electrons. The van der Waals surface area contributed by atoms with E-state index >= 15 is 0 Å². The zero-order valence-corrected chi connectivity index (χ0v) is 17.0. The van der Waals surface area contributed by atoms with Gasteiger partial charge in [0.1, 0.15) is 5.69 Å². The Hall–Kier alpha value is -4.00. The van der Waals surface area contributed by atoms with Crippen molar-refractivity contribution >= 4 is 23.3 Å². The van der Waals surface area contributed by atoms with Crippen molar-refractivity contribution in [3.05, 3.63) is 106 Å². The number of nitro groups is 1. The van der Waals surface area contributed by atoms with Crippen molar-refractivity contribution in [1.29, 1.82) is 0 Å². The highest BCUT2D eigenvalue weighted by Gasteiger charge is 2.21. The number of esters is 1. The molecule has 0 atom stereocenters. The number of rotatable bonds is 8. The molecule has 0 unspecified atom stereocenters. The van der Waals surface area contributed by atoms with Crippen LogP contribution >= 0.6 is 0 Å². The maximum absolute atomic E-state index is 12.5. The van der Waals surface area contributed by atoms with Gasteiger partial charge in [0.25, 0.3) is 11.6 Å². The van der Waals surface area contributed by atoms with Gasteiger partial charge in [-0.15, -0.1) is 0 Å². The molecule has 1 amide bonds. The first-order valence-corrected chi connectivity index (χ1v) is 9.74. The van der Waals surface area contributed by atoms with E-state index in [9.17, 15) is 19.7 Å². The van der Waals surface area contributed by atoms with Crippen molar-refractivity contribution in [1.82, 2.24) is 0 Å². The molecule has 0 aliphatic rings. The topological polar surface area (TPSA) is 98.5 Å². The molecular weight excluding hydrogens is 396 g/mol. The lowest BCUT2D eigenvalue weighted by atomic mass is 9.89. The van der Waals surface area contributed by atoms with Crippen LogP contribution < -0.4 is 5.32 Å². The summed E-state index contributed by atoms with van der Waals surface area (Å²) in [7, 11) is 0. The number of nitrogens with one attached hydrogen (secondary N) is 1. The molecule has 7 nitrogen and oxygen atoms in total. The molecule has 3 rings (SSSR count). The predicted molar refractivity (Wildman–Crippen MR) is 117 cm³/mol. The van der Waals surface area contributed by atoms with Gasteiger partial charge in [-0.3, -0.25) is 19.7 Å². The quantitative estimate of drug-likeness (QED) is 0.327. The number of benzene rings is 3. The number of anilines is 1. The summed E-state index contributed by atoms with van der Waals surface area (Å²) in [6.07, 6.45) is 0.0615. The van der Waals surface area contributed by atoms with Crippen LogP contribution in [0.2, 0.25) is 0 Å². The maximum Gasteiger partial charge on any atom is 0.307 e. The average Bonchev–Trinajstić information content (AvgIpc) is 2.78. The zero-order valence-electron chi connectivity index (χ0n) is 17.0. The van der Waals surface area contributed by atoms with E-state index in [0.717, 1.165) is 11.1 Å². The van der Waals surface area contributed by atoms with E-state index in [1.807, 2.05) is 60.7 Å². The maximum atomic E-state index is 12.5. The third-order valence-electron chi connectivity index (χ3n) is 4.76. The second kappa shape index (κ2) is 10.2. The van der Waals surface area contributed by atoms with Gasteiger partial charge in [-0.2, -0.15) is 0 Å². The van der Waals surface area contributed by atoms with E-state index in [-0.39, 0.29) is 23.7 Å². The molecule has 0 aliphatic heterocycles. The Balaban J connectivity index is 1.63. The minimum Gasteiger partial charge on any atom is -0.456 e. The second-order valence-electron chi connectivity index (χ2n) is 7.06. The van der Waals surface area contributed by atoms with Gasteiger partial charge in [0.2, 0.25) is 0 Å². The lowest BCUT2D eigenvalue weighted by Crippen LogP contribution is -2.22. The summed E-state index contributed by atoms with van der Waals surface area (Å²) in [4.78, 5) is 35.3. The van der Waals surface area contributed by atoms with Crippen LogP contribution in [0.15, 0.2) is 78.9 Å². The highest BCUT2D eigenvalue weighted by atomic mass is 16.6. The lowest BCUT2D eigenvalue weighted by Gasteiger charge is -2.17. The van der Waals surface area contributed by atoms with Crippen molar-refractivity contribution in [3.63, 3.8) is 0 Å². The summed E-state index contributed by atoms with van der Waals surface area (Å²) in [5.74, 6) is -1.39. The average molecular weight is 418 g/mol. The standard InChI is InChI=1S/C24H22N2O5/c1-17-12-13-21(22(14-17)26(29)30)25-23(27)16-31-24(28)15-20(18-8-4-2-5-9-18)19-10-6-3-7-11-19/h2-14,20H,15-16H2,1H3,(H,25,27).